The smallest absolute Gasteiger partial charge is 0.303 e. The summed E-state index contributed by atoms with van der Waals surface area (Å²) in [5.74, 6) is -1.18. The lowest BCUT2D eigenvalue weighted by molar-refractivity contribution is -0.196. The van der Waals surface area contributed by atoms with Gasteiger partial charge in [-0.2, -0.15) is 0 Å². The molecule has 2 aliphatic heterocycles. The summed E-state index contributed by atoms with van der Waals surface area (Å²) in [5.41, 5.74) is 10.00. The minimum Gasteiger partial charge on any atom is -0.463 e. The van der Waals surface area contributed by atoms with Crippen molar-refractivity contribution in [1.82, 2.24) is 15.0 Å². The van der Waals surface area contributed by atoms with Crippen LogP contribution in [0.4, 0.5) is 0 Å². The molecule has 1 N–H and O–H groups in total. The van der Waals surface area contributed by atoms with Crippen LogP contribution in [0.1, 0.15) is 19.9 Å². The van der Waals surface area contributed by atoms with Gasteiger partial charge in [0, 0.05) is 31.4 Å². The number of carbonyl (C=O) groups is 2. The third-order valence-electron chi connectivity index (χ3n) is 6.40. The summed E-state index contributed by atoms with van der Waals surface area (Å²) in [6.45, 7) is 2.63. The van der Waals surface area contributed by atoms with Gasteiger partial charge in [0.25, 0.3) is 0 Å². The highest BCUT2D eigenvalue weighted by Gasteiger charge is 2.50. The molecule has 2 fully saturated rings. The summed E-state index contributed by atoms with van der Waals surface area (Å²) in [6.07, 6.45) is -2.02. The van der Waals surface area contributed by atoms with Crippen LogP contribution < -0.4 is 0 Å². The van der Waals surface area contributed by atoms with Crippen LogP contribution in [-0.2, 0) is 33.3 Å². The van der Waals surface area contributed by atoms with E-state index >= 15 is 0 Å². The molecule has 0 spiro atoms. The Morgan fingerprint density at radius 1 is 1.23 bits per heavy atom. The molecule has 15 heteroatoms. The summed E-state index contributed by atoms with van der Waals surface area (Å²) in [4.78, 5) is 26.2. The van der Waals surface area contributed by atoms with Crippen molar-refractivity contribution in [1.29, 1.82) is 0 Å². The Morgan fingerprint density at radius 2 is 2.00 bits per heavy atom. The highest BCUT2D eigenvalue weighted by atomic mass is 32.2. The summed E-state index contributed by atoms with van der Waals surface area (Å²) < 4.78 is 29.7. The number of benzene rings is 1. The molecule has 4 rings (SSSR count). The number of rotatable bonds is 9. The van der Waals surface area contributed by atoms with Crippen LogP contribution in [0.3, 0.4) is 0 Å². The Balaban J connectivity index is 1.54. The minimum absolute atomic E-state index is 0.201. The third kappa shape index (κ3) is 6.87. The van der Waals surface area contributed by atoms with Crippen LogP contribution in [0.5, 0.6) is 0 Å². The Labute approximate surface area is 228 Å². The van der Waals surface area contributed by atoms with Gasteiger partial charge in [-0.3, -0.25) is 9.59 Å². The van der Waals surface area contributed by atoms with E-state index in [1.54, 1.807) is 10.9 Å². The molecule has 0 saturated carbocycles. The molecule has 210 valence electrons. The zero-order valence-corrected chi connectivity index (χ0v) is 22.4. The molecule has 8 atom stereocenters. The maximum absolute atomic E-state index is 11.8. The summed E-state index contributed by atoms with van der Waals surface area (Å²) >= 11 is 1.22. The molecule has 3 heterocycles. The molecule has 1 aromatic carbocycles. The molecule has 0 radical (unpaired) electrons. The van der Waals surface area contributed by atoms with Crippen LogP contribution in [0.2, 0.25) is 0 Å². The van der Waals surface area contributed by atoms with E-state index in [4.69, 9.17) is 23.7 Å². The summed E-state index contributed by atoms with van der Waals surface area (Å²) in [7, 11) is 1.41. The molecule has 0 amide bonds. The van der Waals surface area contributed by atoms with E-state index in [-0.39, 0.29) is 19.8 Å². The van der Waals surface area contributed by atoms with E-state index in [0.717, 1.165) is 5.56 Å². The van der Waals surface area contributed by atoms with Gasteiger partial charge in [-0.05, 0) is 5.53 Å². The van der Waals surface area contributed by atoms with Crippen LogP contribution in [-0.4, -0.2) is 100 Å². The Hall–Kier alpha value is -3.20. The number of nitrogens with zero attached hydrogens (tertiary/aromatic N) is 6. The maximum Gasteiger partial charge on any atom is 0.303 e. The van der Waals surface area contributed by atoms with Gasteiger partial charge in [-0.15, -0.1) is 16.9 Å². The second kappa shape index (κ2) is 13.2. The van der Waals surface area contributed by atoms with Crippen molar-refractivity contribution >= 4 is 23.7 Å². The van der Waals surface area contributed by atoms with E-state index in [0.29, 0.717) is 5.69 Å². The predicted octanol–water partition coefficient (Wildman–Crippen LogP) is 1.89. The summed E-state index contributed by atoms with van der Waals surface area (Å²) in [6, 6.07) is 8.04. The van der Waals surface area contributed by atoms with Crippen molar-refractivity contribution in [2.24, 2.45) is 5.11 Å². The number of aliphatic hydroxyl groups is 1. The fourth-order valence-electron chi connectivity index (χ4n) is 4.57. The number of aliphatic hydroxyl groups excluding tert-OH is 1. The zero-order valence-electron chi connectivity index (χ0n) is 21.6. The molecule has 2 saturated heterocycles. The molecule has 39 heavy (non-hydrogen) atoms. The monoisotopic (exact) mass is 562 g/mol. The average molecular weight is 563 g/mol. The van der Waals surface area contributed by atoms with Gasteiger partial charge in [0.1, 0.15) is 48.1 Å². The second-order valence-corrected chi connectivity index (χ2v) is 10.4. The SMILES string of the molecule is CO[C@@H]1[C@@H](N=[N+]=[N-])[C@@H](OC(C)=O)[C@@H](COC(C)=O)O[C@H]1S[C@@H]1COC[C@H](n2cc(-c3ccccc3)nn2)[C@H]1O. The molecular weight excluding hydrogens is 532 g/mol. The quantitative estimate of drug-likeness (QED) is 0.204. The molecule has 0 unspecified atom stereocenters. The average Bonchev–Trinajstić information content (AvgIpc) is 3.41. The molecule has 1 aromatic heterocycles. The number of azide groups is 1. The largest absolute Gasteiger partial charge is 0.463 e. The number of hydrogen-bond donors (Lipinski definition) is 1. The van der Waals surface area contributed by atoms with E-state index in [9.17, 15) is 20.2 Å². The van der Waals surface area contributed by atoms with Crippen LogP contribution in [0.15, 0.2) is 41.6 Å². The second-order valence-electron chi connectivity index (χ2n) is 9.04. The molecule has 2 aromatic rings. The first kappa shape index (κ1) is 28.8. The lowest BCUT2D eigenvalue weighted by Crippen LogP contribution is -2.59. The van der Waals surface area contributed by atoms with Crippen molar-refractivity contribution < 1.29 is 38.4 Å². The molecule has 0 aliphatic carbocycles. The van der Waals surface area contributed by atoms with Crippen LogP contribution in [0.25, 0.3) is 21.7 Å². The Bertz CT molecular complexity index is 1180. The molecule has 2 aliphatic rings. The van der Waals surface area contributed by atoms with E-state index in [2.05, 4.69) is 20.3 Å². The first-order valence-corrected chi connectivity index (χ1v) is 13.2. The first-order chi connectivity index (χ1) is 18.8. The van der Waals surface area contributed by atoms with Crippen molar-refractivity contribution in [2.45, 2.75) is 61.0 Å². The first-order valence-electron chi connectivity index (χ1n) is 12.2. The van der Waals surface area contributed by atoms with E-state index < -0.39 is 59.1 Å². The molecule has 14 nitrogen and oxygen atoms in total. The van der Waals surface area contributed by atoms with Crippen LogP contribution >= 0.6 is 11.8 Å². The Morgan fingerprint density at radius 3 is 2.67 bits per heavy atom. The number of hydrogen-bond acceptors (Lipinski definition) is 12. The van der Waals surface area contributed by atoms with Gasteiger partial charge in [-0.1, -0.05) is 40.7 Å². The van der Waals surface area contributed by atoms with Gasteiger partial charge in [0.2, 0.25) is 0 Å². The van der Waals surface area contributed by atoms with E-state index in [1.165, 1.54) is 32.7 Å². The van der Waals surface area contributed by atoms with Crippen LogP contribution in [0, 0.1) is 0 Å². The highest BCUT2D eigenvalue weighted by Crippen LogP contribution is 2.39. The number of methoxy groups -OCH3 is 1. The molecular formula is C24H30N6O8S. The van der Waals surface area contributed by atoms with Crippen molar-refractivity contribution in [3.8, 4) is 11.3 Å². The van der Waals surface area contributed by atoms with Gasteiger partial charge in [0.05, 0.1) is 30.8 Å². The number of carbonyl (C=O) groups excluding carboxylic acids is 2. The fourth-order valence-corrected chi connectivity index (χ4v) is 6.07. The van der Waals surface area contributed by atoms with Gasteiger partial charge in [0.15, 0.2) is 0 Å². The fraction of sp³-hybridized carbons (Fsp3) is 0.583. The van der Waals surface area contributed by atoms with Gasteiger partial charge in [-0.25, -0.2) is 4.68 Å². The lowest BCUT2D eigenvalue weighted by Gasteiger charge is -2.45. The standard InChI is InChI=1S/C24H30N6O8S/c1-13(31)36-11-18-22(37-14(2)32)20(27-28-25)23(34-3)24(38-18)39-19-12-35-10-17(21(19)33)30-9-16(26-29-30)15-7-5-4-6-8-15/h4-9,17-24,33H,10-12H2,1-3H3/t17-,18+,19+,20-,21+,22-,23+,24-/m0/s1. The number of esters is 2. The van der Waals surface area contributed by atoms with Crippen molar-refractivity contribution in [3.05, 3.63) is 47.0 Å². The summed E-state index contributed by atoms with van der Waals surface area (Å²) in [5, 5.41) is 23.1. The van der Waals surface area contributed by atoms with E-state index in [1.807, 2.05) is 30.3 Å². The maximum atomic E-state index is 11.8. The Kier molecular flexibility index (Phi) is 9.78. The molecule has 0 bridgehead atoms. The van der Waals surface area contributed by atoms with Crippen molar-refractivity contribution in [2.75, 3.05) is 26.9 Å². The van der Waals surface area contributed by atoms with Gasteiger partial charge >= 0.3 is 11.9 Å². The normalized spacial score (nSPS) is 30.7. The lowest BCUT2D eigenvalue weighted by atomic mass is 9.97. The van der Waals surface area contributed by atoms with Crippen molar-refractivity contribution in [3.63, 3.8) is 0 Å². The predicted molar refractivity (Wildman–Crippen MR) is 137 cm³/mol. The number of aromatic nitrogens is 3. The zero-order chi connectivity index (χ0) is 27.9. The number of ether oxygens (including phenoxy) is 5. The number of thioether (sulfide) groups is 1. The third-order valence-corrected chi connectivity index (χ3v) is 7.81. The minimum atomic E-state index is -1.06. The van der Waals surface area contributed by atoms with Gasteiger partial charge < -0.3 is 28.8 Å². The topological polar surface area (TPSA) is 180 Å². The highest BCUT2D eigenvalue weighted by molar-refractivity contribution is 8.00.